The summed E-state index contributed by atoms with van der Waals surface area (Å²) in [5.74, 6) is 1.90. The molecule has 0 radical (unpaired) electrons. The van der Waals surface area contributed by atoms with E-state index in [1.54, 1.807) is 28.6 Å². The van der Waals surface area contributed by atoms with Crippen LogP contribution in [0.2, 0.25) is 0 Å². The van der Waals surface area contributed by atoms with E-state index in [2.05, 4.69) is 36.2 Å². The first kappa shape index (κ1) is 17.1. The molecule has 6 nitrogen and oxygen atoms in total. The van der Waals surface area contributed by atoms with E-state index in [9.17, 15) is 9.90 Å². The summed E-state index contributed by atoms with van der Waals surface area (Å²) in [7, 11) is 0. The van der Waals surface area contributed by atoms with Crippen LogP contribution in [0, 0.1) is 5.41 Å². The van der Waals surface area contributed by atoms with Crippen molar-refractivity contribution in [2.24, 2.45) is 5.41 Å². The topological polar surface area (TPSA) is 80.0 Å². The highest BCUT2D eigenvalue weighted by Gasteiger charge is 2.41. The fraction of sp³-hybridized carbons (Fsp3) is 0.421. The molecule has 1 aliphatic carbocycles. The van der Waals surface area contributed by atoms with Gasteiger partial charge < -0.3 is 10.4 Å². The lowest BCUT2D eigenvalue weighted by atomic mass is 9.73. The minimum Gasteiger partial charge on any atom is -0.508 e. The number of phenolic OH excluding ortho intramolecular Hbond substituents is 1. The Balaban J connectivity index is 1.87. The van der Waals surface area contributed by atoms with Crippen LogP contribution in [0.5, 0.6) is 5.75 Å². The van der Waals surface area contributed by atoms with Gasteiger partial charge in [0.2, 0.25) is 11.1 Å². The molecule has 2 N–H and O–H groups in total. The second-order valence-corrected chi connectivity index (χ2v) is 8.78. The molecule has 0 saturated carbocycles. The molecule has 2 aromatic rings. The normalized spacial score (nSPS) is 21.2. The molecular weight excluding hydrogens is 348 g/mol. The number of thioether (sulfide) groups is 1. The number of anilines is 1. The van der Waals surface area contributed by atoms with Gasteiger partial charge in [-0.15, -0.1) is 5.10 Å². The van der Waals surface area contributed by atoms with Crippen LogP contribution in [0.4, 0.5) is 5.95 Å². The van der Waals surface area contributed by atoms with Crippen molar-refractivity contribution in [2.75, 3.05) is 11.1 Å². The second-order valence-electron chi connectivity index (χ2n) is 7.55. The highest BCUT2D eigenvalue weighted by atomic mass is 32.2. The Morgan fingerprint density at radius 3 is 2.73 bits per heavy atom. The summed E-state index contributed by atoms with van der Waals surface area (Å²) < 4.78 is 1.80. The first-order valence-electron chi connectivity index (χ1n) is 8.79. The van der Waals surface area contributed by atoms with Crippen LogP contribution in [-0.2, 0) is 4.79 Å². The van der Waals surface area contributed by atoms with Gasteiger partial charge in [-0.25, -0.2) is 4.68 Å². The van der Waals surface area contributed by atoms with Crippen LogP contribution in [0.1, 0.15) is 45.2 Å². The number of benzene rings is 1. The van der Waals surface area contributed by atoms with E-state index in [4.69, 9.17) is 0 Å². The lowest BCUT2D eigenvalue weighted by Gasteiger charge is -2.38. The van der Waals surface area contributed by atoms with Crippen molar-refractivity contribution in [2.45, 2.75) is 44.8 Å². The number of hydrogen-bond donors (Lipinski definition) is 2. The molecule has 1 aromatic heterocycles. The van der Waals surface area contributed by atoms with Crippen LogP contribution in [0.15, 0.2) is 40.7 Å². The summed E-state index contributed by atoms with van der Waals surface area (Å²) in [6, 6.07) is 6.67. The number of aromatic nitrogens is 3. The molecule has 0 bridgehead atoms. The third-order valence-electron chi connectivity index (χ3n) is 4.79. The molecule has 1 aromatic carbocycles. The van der Waals surface area contributed by atoms with Crippen LogP contribution in [0.25, 0.3) is 0 Å². The summed E-state index contributed by atoms with van der Waals surface area (Å²) in [5, 5.41) is 18.3. The van der Waals surface area contributed by atoms with Crippen molar-refractivity contribution in [1.82, 2.24) is 14.8 Å². The number of allylic oxidation sites excluding steroid dienone is 2. The van der Waals surface area contributed by atoms with E-state index < -0.39 is 0 Å². The summed E-state index contributed by atoms with van der Waals surface area (Å²) in [6.45, 7) is 6.29. The summed E-state index contributed by atoms with van der Waals surface area (Å²) in [5.41, 5.74) is 2.55. The molecule has 26 heavy (non-hydrogen) atoms. The van der Waals surface area contributed by atoms with Gasteiger partial charge in [0.15, 0.2) is 5.78 Å². The smallest absolute Gasteiger partial charge is 0.227 e. The average Bonchev–Trinajstić information content (AvgIpc) is 2.95. The van der Waals surface area contributed by atoms with Gasteiger partial charge in [0, 0.05) is 17.7 Å². The Kier molecular flexibility index (Phi) is 4.06. The fourth-order valence-corrected chi connectivity index (χ4v) is 4.30. The first-order chi connectivity index (χ1) is 12.4. The van der Waals surface area contributed by atoms with Crippen molar-refractivity contribution in [3.8, 4) is 5.75 Å². The third-order valence-corrected chi connectivity index (χ3v) is 5.51. The number of Topliss-reactive ketones (excluding diaryl/α,β-unsaturated/α-hetero) is 1. The molecule has 0 spiro atoms. The van der Waals surface area contributed by atoms with Gasteiger partial charge in [-0.1, -0.05) is 44.7 Å². The molecule has 1 aliphatic heterocycles. The highest BCUT2D eigenvalue weighted by molar-refractivity contribution is 7.99. The number of rotatable bonds is 3. The van der Waals surface area contributed by atoms with Gasteiger partial charge in [0.25, 0.3) is 0 Å². The minimum absolute atomic E-state index is 0.0778. The highest BCUT2D eigenvalue weighted by Crippen LogP contribution is 2.45. The molecule has 136 valence electrons. The van der Waals surface area contributed by atoms with E-state index in [1.165, 1.54) is 0 Å². The number of phenols is 1. The molecule has 1 unspecified atom stereocenters. The lowest BCUT2D eigenvalue weighted by molar-refractivity contribution is -0.118. The Morgan fingerprint density at radius 2 is 2.04 bits per heavy atom. The zero-order valence-corrected chi connectivity index (χ0v) is 15.9. The number of nitrogens with zero attached hydrogens (tertiary/aromatic N) is 3. The Hall–Kier alpha value is -2.28. The lowest BCUT2D eigenvalue weighted by Crippen LogP contribution is -2.36. The van der Waals surface area contributed by atoms with Crippen LogP contribution >= 0.6 is 11.8 Å². The van der Waals surface area contributed by atoms with Crippen LogP contribution < -0.4 is 5.32 Å². The molecule has 4 rings (SSSR count). The molecule has 0 saturated heterocycles. The zero-order chi connectivity index (χ0) is 18.5. The van der Waals surface area contributed by atoms with Crippen LogP contribution in [0.3, 0.4) is 0 Å². The predicted molar refractivity (Wildman–Crippen MR) is 101 cm³/mol. The maximum absolute atomic E-state index is 13.0. The monoisotopic (exact) mass is 370 g/mol. The fourth-order valence-electron chi connectivity index (χ4n) is 3.74. The number of hydrogen-bond acceptors (Lipinski definition) is 6. The van der Waals surface area contributed by atoms with Crippen molar-refractivity contribution in [3.05, 3.63) is 41.1 Å². The number of aromatic hydroxyl groups is 1. The Bertz CT molecular complexity index is 899. The summed E-state index contributed by atoms with van der Waals surface area (Å²) in [4.78, 5) is 17.6. The van der Waals surface area contributed by atoms with Crippen LogP contribution in [-0.4, -0.2) is 31.4 Å². The number of nitrogens with one attached hydrogen (secondary N) is 1. The van der Waals surface area contributed by atoms with Crippen molar-refractivity contribution >= 4 is 23.5 Å². The van der Waals surface area contributed by atoms with Gasteiger partial charge in [0.05, 0.1) is 0 Å². The minimum atomic E-state index is -0.316. The van der Waals surface area contributed by atoms with Gasteiger partial charge in [-0.3, -0.25) is 4.79 Å². The van der Waals surface area contributed by atoms with E-state index in [0.29, 0.717) is 17.5 Å². The summed E-state index contributed by atoms with van der Waals surface area (Å²) in [6.07, 6.45) is 1.31. The van der Waals surface area contributed by atoms with Gasteiger partial charge in [0.1, 0.15) is 11.8 Å². The van der Waals surface area contributed by atoms with Gasteiger partial charge in [-0.2, -0.15) is 4.98 Å². The van der Waals surface area contributed by atoms with E-state index in [0.717, 1.165) is 29.0 Å². The van der Waals surface area contributed by atoms with Crippen molar-refractivity contribution < 1.29 is 9.90 Å². The Labute approximate surface area is 156 Å². The molecule has 1 atom stereocenters. The maximum Gasteiger partial charge on any atom is 0.227 e. The Morgan fingerprint density at radius 1 is 1.31 bits per heavy atom. The largest absolute Gasteiger partial charge is 0.508 e. The molecular formula is C19H22N4O2S. The van der Waals surface area contributed by atoms with Gasteiger partial charge in [-0.05, 0) is 35.3 Å². The maximum atomic E-state index is 13.0. The number of fused-ring (bicyclic) bond motifs is 1. The van der Waals surface area contributed by atoms with Gasteiger partial charge >= 0.3 is 0 Å². The van der Waals surface area contributed by atoms with E-state index >= 15 is 0 Å². The van der Waals surface area contributed by atoms with Crippen molar-refractivity contribution in [3.63, 3.8) is 0 Å². The molecule has 7 heteroatoms. The number of ketones is 1. The van der Waals surface area contributed by atoms with E-state index in [-0.39, 0.29) is 23.0 Å². The van der Waals surface area contributed by atoms with E-state index in [1.807, 2.05) is 12.1 Å². The molecule has 2 aliphatic rings. The summed E-state index contributed by atoms with van der Waals surface area (Å²) >= 11 is 1.58. The first-order valence-corrected chi connectivity index (χ1v) is 9.78. The van der Waals surface area contributed by atoms with Crippen molar-refractivity contribution in [1.29, 1.82) is 0 Å². The predicted octanol–water partition coefficient (Wildman–Crippen LogP) is 3.75. The number of carbonyl (C=O) groups excluding carboxylic acids is 1. The second kappa shape index (κ2) is 6.16. The number of carbonyl (C=O) groups is 1. The molecule has 0 fully saturated rings. The quantitative estimate of drug-likeness (QED) is 0.801. The molecule has 0 amide bonds. The SMILES string of the molecule is CCSc1nc2n(n1)C(c1ccc(O)cc1)C1=C(CC(C)(C)CC1=O)N2. The average molecular weight is 370 g/mol. The third kappa shape index (κ3) is 2.90. The standard InChI is InChI=1S/C19H22N4O2S/c1-4-26-18-21-17-20-13-9-19(2,3)10-14(25)15(13)16(23(17)22-18)11-5-7-12(24)8-6-11/h5-8,16,24H,4,9-10H2,1-3H3,(H,20,21,22). The molecule has 2 heterocycles. The zero-order valence-electron chi connectivity index (χ0n) is 15.1.